The van der Waals surface area contributed by atoms with Crippen molar-refractivity contribution in [3.05, 3.63) is 65.2 Å². The number of nitrogens with one attached hydrogen (secondary N) is 8. The average molecular weight is 2240 g/mol. The summed E-state index contributed by atoms with van der Waals surface area (Å²) in [7, 11) is -36.9. The van der Waals surface area contributed by atoms with Gasteiger partial charge in [-0.3, -0.25) is 75.9 Å². The van der Waals surface area contributed by atoms with E-state index in [0.717, 1.165) is 12.5 Å². The van der Waals surface area contributed by atoms with Crippen LogP contribution < -0.4 is 81.7 Å². The molecule has 0 rings (SSSR count). The number of amides is 6. The molecule has 0 bridgehead atoms. The fraction of sp³-hybridized carbons (Fsp3) is 0.792. The number of carbonyl (C=O) groups excluding carboxylic acids is 6. The number of hydrogen-bond donors (Lipinski definition) is 12. The molecular formula is C77H150N8O50P8-8. The maximum Gasteiger partial charge on any atom is 0.269 e. The van der Waals surface area contributed by atoms with Crippen LogP contribution in [0.2, 0.25) is 0 Å². The third-order valence-corrected chi connectivity index (χ3v) is 24.4. The molecule has 66 heteroatoms. The highest BCUT2D eigenvalue weighted by atomic mass is 31.2. The van der Waals surface area contributed by atoms with E-state index in [1.807, 2.05) is 13.8 Å². The van der Waals surface area contributed by atoms with Gasteiger partial charge in [-0.1, -0.05) is 27.0 Å². The Morgan fingerprint density at radius 1 is 0.301 bits per heavy atom. The number of rotatable bonds is 96. The molecule has 6 amide bonds. The molecule has 846 valence electrons. The summed E-state index contributed by atoms with van der Waals surface area (Å²) >= 11 is 0. The number of unbranched alkanes of at least 4 members (excludes halogenated alkanes) is 6. The number of ether oxygens (including phenoxy) is 4. The number of phosphoric ester groups is 7. The van der Waals surface area contributed by atoms with Crippen molar-refractivity contribution < 1.29 is 237 Å². The van der Waals surface area contributed by atoms with Crippen LogP contribution in [-0.4, -0.2) is 285 Å². The lowest BCUT2D eigenvalue weighted by molar-refractivity contribution is -0.692. The van der Waals surface area contributed by atoms with Gasteiger partial charge in [0.05, 0.1) is 137 Å². The normalized spacial score (nSPS) is 16.1. The SMILES string of the molecule is C=C.C=C.C=C.C=COOOOOC=C.CCCOCCC(CO)OP(=O)([O-])OCCCCC(=O)NCC(CNC(=O)CCCCOP(=O)([O-])OC(CO)CCOCNC)OP(=O)([O-])OCCCCC(=O)NCC(CNC(=O)CCCCOP(=O)([O-])OC(CNC(=O)CCCCOP(=O)([O-])OC(CO)CCOCCC)NC(=O)CCCCOP(=O)([O-])OC(CO)CCOCNC)OP(=O)([O-])OCCOP(C)(=O)[O-]. The molecule has 0 fully saturated rings. The van der Waals surface area contributed by atoms with Gasteiger partial charge < -0.3 is 188 Å². The summed E-state index contributed by atoms with van der Waals surface area (Å²) in [6, 6.07) is 0. The van der Waals surface area contributed by atoms with Gasteiger partial charge in [0.2, 0.25) is 35.4 Å². The minimum atomic E-state index is -5.42. The van der Waals surface area contributed by atoms with Crippen LogP contribution in [0.3, 0.4) is 0 Å². The number of aliphatic hydroxyl groups excluding tert-OH is 4. The molecule has 0 aliphatic heterocycles. The predicted molar refractivity (Wildman–Crippen MR) is 493 cm³/mol. The molecule has 0 aromatic rings. The molecule has 0 radical (unpaired) electrons. The summed E-state index contributed by atoms with van der Waals surface area (Å²) < 4.78 is 195. The van der Waals surface area contributed by atoms with E-state index in [0.29, 0.717) is 32.7 Å². The first kappa shape index (κ1) is 147. The van der Waals surface area contributed by atoms with E-state index in [1.165, 1.54) is 0 Å². The number of carbonyl (C=O) groups is 6. The second kappa shape index (κ2) is 93.6. The van der Waals surface area contributed by atoms with Crippen molar-refractivity contribution in [3.63, 3.8) is 0 Å². The molecule has 0 aromatic carbocycles. The molecule has 15 atom stereocenters. The quantitative estimate of drug-likeness (QED) is 0.00773. The molecule has 0 saturated heterocycles. The number of phosphoric acid groups is 7. The Bertz CT molecular complexity index is 3600. The van der Waals surface area contributed by atoms with Crippen molar-refractivity contribution in [3.8, 4) is 0 Å². The van der Waals surface area contributed by atoms with Crippen LogP contribution in [0.5, 0.6) is 0 Å². The van der Waals surface area contributed by atoms with E-state index in [-0.39, 0.29) is 175 Å². The molecular weight excluding hydrogens is 2080 g/mol. The first-order chi connectivity index (χ1) is 67.8. The molecule has 0 heterocycles. The van der Waals surface area contributed by atoms with Gasteiger partial charge in [-0.05, 0) is 130 Å². The van der Waals surface area contributed by atoms with Gasteiger partial charge >= 0.3 is 0 Å². The summed E-state index contributed by atoms with van der Waals surface area (Å²) in [5, 5.41) is 69.1. The Morgan fingerprint density at radius 3 is 0.776 bits per heavy atom. The molecule has 15 unspecified atom stereocenters. The Balaban J connectivity index is -0.00000393. The van der Waals surface area contributed by atoms with Crippen LogP contribution in [0, 0.1) is 0 Å². The molecule has 0 aromatic heterocycles. The molecule has 0 aliphatic carbocycles. The van der Waals surface area contributed by atoms with Crippen molar-refractivity contribution in [2.75, 3.05) is 186 Å². The Kier molecular flexibility index (Phi) is 96.1. The van der Waals surface area contributed by atoms with Crippen LogP contribution in [-0.2, 0) is 177 Å². The monoisotopic (exact) mass is 2230 g/mol. The van der Waals surface area contributed by atoms with Crippen molar-refractivity contribution >= 4 is 97.8 Å². The highest BCUT2D eigenvalue weighted by molar-refractivity contribution is 7.50. The van der Waals surface area contributed by atoms with Gasteiger partial charge in [0, 0.05) is 113 Å². The van der Waals surface area contributed by atoms with Crippen LogP contribution in [0.25, 0.3) is 0 Å². The maximum atomic E-state index is 13.2. The first-order valence-corrected chi connectivity index (χ1v) is 57.1. The highest BCUT2D eigenvalue weighted by Crippen LogP contribution is 2.46. The zero-order valence-corrected chi connectivity index (χ0v) is 88.8. The summed E-state index contributed by atoms with van der Waals surface area (Å²) in [6.45, 7) is 19.7. The fourth-order valence-electron chi connectivity index (χ4n) is 9.93. The number of aliphatic hydroxyl groups is 4. The second-order valence-corrected chi connectivity index (χ2v) is 39.9. The number of hydrogen-bond acceptors (Lipinski definition) is 52. The predicted octanol–water partition coefficient (Wildman–Crippen LogP) is 1.15. The molecule has 12 N–H and O–H groups in total. The first-order valence-electron chi connectivity index (χ1n) is 44.9. The molecule has 0 spiro atoms. The van der Waals surface area contributed by atoms with E-state index in [1.54, 1.807) is 14.1 Å². The van der Waals surface area contributed by atoms with Crippen molar-refractivity contribution in [1.82, 2.24) is 42.5 Å². The lowest BCUT2D eigenvalue weighted by Gasteiger charge is -2.29. The third kappa shape index (κ3) is 98.0. The standard InChI is InChI=1S/C67H140N8O45P8.C4H6O5.3C2H4/c1-6-30-102-38-26-55(49-76)114-122(88,89)107-32-14-8-20-61(80)70-44-59(45-71-62(81)21-9-15-33-109-124(92,93)116-57(51-78)28-40-104-53-68-3)118-126(96,97)111-35-16-10-22-63(82)72-46-60(119-127(98,99)113-43-42-106-121(5,86)87)47-73-64(83)23-11-18-37-112-128(100,101)120-67(75-66(85)25-13-19-36-110-125(94,95)117-58(52-79)29-41-105-54-69-4)48-74-65(84)24-12-17-34-108-123(90,91)115-56(50-77)27-39-103-31-7-2;1-3-5-7-9-8-6-4-2;3*1-2/h55-60,67-69,76-79H,6-54H2,1-5H3,(H,70,80)(H,71,81)(H,72,82)(H,73,83)(H,74,84)(H,75,85)(H,86,87)(H,88,89)(H,90,91)(H,92,93)(H,94,95)(H,96,97)(H,98,99)(H,100,101);3-4H,1-2H2;3*1-2H2/p-8. The van der Waals surface area contributed by atoms with Crippen molar-refractivity contribution in [2.24, 2.45) is 0 Å². The van der Waals surface area contributed by atoms with E-state index in [4.69, 9.17) is 77.8 Å². The van der Waals surface area contributed by atoms with E-state index < -0.39 is 259 Å². The molecule has 0 saturated carbocycles. The Labute approximate surface area is 835 Å². The van der Waals surface area contributed by atoms with E-state index in [9.17, 15) is 125 Å². The minimum absolute atomic E-state index is 0.00101. The van der Waals surface area contributed by atoms with Gasteiger partial charge in [-0.2, -0.15) is 0 Å². The molecule has 58 nitrogen and oxygen atoms in total. The van der Waals surface area contributed by atoms with Gasteiger partial charge in [-0.15, -0.1) is 39.5 Å². The van der Waals surface area contributed by atoms with Gasteiger partial charge in [0.15, 0.2) is 6.23 Å². The Morgan fingerprint density at radius 2 is 0.531 bits per heavy atom. The average Bonchev–Trinajstić information content (AvgIpc) is 0.845. The zero-order chi connectivity index (χ0) is 109. The lowest BCUT2D eigenvalue weighted by Crippen LogP contribution is -2.45. The fourth-order valence-corrected chi connectivity index (χ4v) is 16.8. The van der Waals surface area contributed by atoms with Gasteiger partial charge in [0.25, 0.3) is 54.8 Å². The van der Waals surface area contributed by atoms with Crippen LogP contribution >= 0.6 is 62.4 Å². The summed E-state index contributed by atoms with van der Waals surface area (Å²) in [5.74, 6) is -4.57. The van der Waals surface area contributed by atoms with Crippen LogP contribution in [0.15, 0.2) is 65.2 Å². The van der Waals surface area contributed by atoms with E-state index >= 15 is 0 Å². The van der Waals surface area contributed by atoms with Crippen molar-refractivity contribution in [1.29, 1.82) is 0 Å². The van der Waals surface area contributed by atoms with Gasteiger partial charge in [-0.25, -0.2) is 0 Å². The smallest absolute Gasteiger partial charge is 0.269 e. The third-order valence-electron chi connectivity index (χ3n) is 16.4. The van der Waals surface area contributed by atoms with Crippen molar-refractivity contribution in [2.45, 2.75) is 211 Å². The maximum absolute atomic E-state index is 13.2. The minimum Gasteiger partial charge on any atom is -0.779 e. The largest absolute Gasteiger partial charge is 0.779 e. The summed E-state index contributed by atoms with van der Waals surface area (Å²) in [5.41, 5.74) is 0. The second-order valence-electron chi connectivity index (χ2n) is 28.5. The molecule has 143 heavy (non-hydrogen) atoms. The highest BCUT2D eigenvalue weighted by Gasteiger charge is 2.28. The zero-order valence-electron chi connectivity index (χ0n) is 81.6. The van der Waals surface area contributed by atoms with E-state index in [2.05, 4.69) is 129 Å². The van der Waals surface area contributed by atoms with Crippen LogP contribution in [0.1, 0.15) is 168 Å². The lowest BCUT2D eigenvalue weighted by atomic mass is 10.2. The van der Waals surface area contributed by atoms with Gasteiger partial charge in [0.1, 0.15) is 32.3 Å². The Hall–Kier alpha value is -4.48. The summed E-state index contributed by atoms with van der Waals surface area (Å²) in [4.78, 5) is 186. The molecule has 0 aliphatic rings. The van der Waals surface area contributed by atoms with Crippen LogP contribution in [0.4, 0.5) is 0 Å². The summed E-state index contributed by atoms with van der Waals surface area (Å²) in [6.07, 6.45) is -8.73. The topological polar surface area (TPSA) is 822 Å².